The number of hydrogen-bond donors (Lipinski definition) is 1. The standard InChI is InChI=1S/C19H32N4O3.HI/c1-20-19(23-12-8-17(15-23)16-26-14-13-25-2)21-9-4-6-11-22-10-5-3-7-18(22)24;/h3,5,7,10,17H,4,6,8-9,11-16H2,1-2H3,(H,20,21);1H. The molecule has 0 aliphatic carbocycles. The predicted octanol–water partition coefficient (Wildman–Crippen LogP) is 1.81. The van der Waals surface area contributed by atoms with Crippen LogP contribution in [0.15, 0.2) is 34.2 Å². The van der Waals surface area contributed by atoms with Gasteiger partial charge in [0.1, 0.15) is 0 Å². The molecule has 1 aromatic heterocycles. The number of nitrogens with zero attached hydrogens (tertiary/aromatic N) is 3. The van der Waals surface area contributed by atoms with Crippen LogP contribution in [0.3, 0.4) is 0 Å². The maximum atomic E-state index is 11.7. The number of unbranched alkanes of at least 4 members (excludes halogenated alkanes) is 1. The molecule has 7 nitrogen and oxygen atoms in total. The van der Waals surface area contributed by atoms with E-state index in [1.165, 1.54) is 0 Å². The van der Waals surface area contributed by atoms with Crippen LogP contribution < -0.4 is 10.9 Å². The number of rotatable bonds is 10. The van der Waals surface area contributed by atoms with Gasteiger partial charge in [-0.25, -0.2) is 0 Å². The minimum absolute atomic E-state index is 0. The van der Waals surface area contributed by atoms with Crippen molar-refractivity contribution in [3.05, 3.63) is 34.7 Å². The number of ether oxygens (including phenoxy) is 2. The fourth-order valence-corrected chi connectivity index (χ4v) is 3.14. The monoisotopic (exact) mass is 492 g/mol. The Hall–Kier alpha value is -1.13. The fraction of sp³-hybridized carbons (Fsp3) is 0.684. The largest absolute Gasteiger partial charge is 0.382 e. The van der Waals surface area contributed by atoms with Crippen molar-refractivity contribution >= 4 is 29.9 Å². The number of pyridine rings is 1. The summed E-state index contributed by atoms with van der Waals surface area (Å²) >= 11 is 0. The molecule has 0 amide bonds. The lowest BCUT2D eigenvalue weighted by Gasteiger charge is -2.21. The van der Waals surface area contributed by atoms with Crippen LogP contribution in [0.2, 0.25) is 0 Å². The Morgan fingerprint density at radius 1 is 1.33 bits per heavy atom. The molecule has 2 rings (SSSR count). The molecule has 1 aromatic rings. The van der Waals surface area contributed by atoms with E-state index in [0.717, 1.165) is 58.0 Å². The maximum absolute atomic E-state index is 11.7. The molecule has 0 spiro atoms. The van der Waals surface area contributed by atoms with Gasteiger partial charge in [0, 0.05) is 58.5 Å². The zero-order valence-electron chi connectivity index (χ0n) is 16.4. The van der Waals surface area contributed by atoms with Crippen LogP contribution in [-0.2, 0) is 16.0 Å². The number of nitrogens with one attached hydrogen (secondary N) is 1. The third-order valence-corrected chi connectivity index (χ3v) is 4.59. The second-order valence-corrected chi connectivity index (χ2v) is 6.58. The van der Waals surface area contributed by atoms with Crippen LogP contribution in [0.5, 0.6) is 0 Å². The Balaban J connectivity index is 0.00000364. The van der Waals surface area contributed by atoms with Gasteiger partial charge in [-0.2, -0.15) is 0 Å². The molecule has 2 heterocycles. The molecule has 154 valence electrons. The number of aryl methyl sites for hydroxylation is 1. The third-order valence-electron chi connectivity index (χ3n) is 4.59. The second-order valence-electron chi connectivity index (χ2n) is 6.58. The number of guanidine groups is 1. The topological polar surface area (TPSA) is 68.1 Å². The first kappa shape index (κ1) is 23.9. The summed E-state index contributed by atoms with van der Waals surface area (Å²) in [6.07, 6.45) is 4.93. The first-order valence-electron chi connectivity index (χ1n) is 9.42. The molecule has 1 unspecified atom stereocenters. The minimum Gasteiger partial charge on any atom is -0.382 e. The zero-order valence-corrected chi connectivity index (χ0v) is 18.8. The van der Waals surface area contributed by atoms with E-state index in [4.69, 9.17) is 9.47 Å². The first-order chi connectivity index (χ1) is 12.7. The highest BCUT2D eigenvalue weighted by Gasteiger charge is 2.24. The maximum Gasteiger partial charge on any atom is 0.250 e. The van der Waals surface area contributed by atoms with Gasteiger partial charge in [0.15, 0.2) is 5.96 Å². The van der Waals surface area contributed by atoms with Crippen LogP contribution in [0.1, 0.15) is 19.3 Å². The van der Waals surface area contributed by atoms with Gasteiger partial charge < -0.3 is 24.3 Å². The summed E-state index contributed by atoms with van der Waals surface area (Å²) in [4.78, 5) is 18.4. The van der Waals surface area contributed by atoms with E-state index >= 15 is 0 Å². The average molecular weight is 492 g/mol. The Morgan fingerprint density at radius 3 is 2.93 bits per heavy atom. The Morgan fingerprint density at radius 2 is 2.19 bits per heavy atom. The van der Waals surface area contributed by atoms with Gasteiger partial charge in [-0.05, 0) is 25.3 Å². The van der Waals surface area contributed by atoms with Gasteiger partial charge >= 0.3 is 0 Å². The van der Waals surface area contributed by atoms with Crippen molar-refractivity contribution in [2.75, 3.05) is 53.6 Å². The number of methoxy groups -OCH3 is 1. The average Bonchev–Trinajstić information content (AvgIpc) is 3.12. The molecule has 1 aliphatic rings. The van der Waals surface area contributed by atoms with Gasteiger partial charge in [-0.3, -0.25) is 9.79 Å². The fourth-order valence-electron chi connectivity index (χ4n) is 3.14. The van der Waals surface area contributed by atoms with Crippen LogP contribution >= 0.6 is 24.0 Å². The summed E-state index contributed by atoms with van der Waals surface area (Å²) in [5.41, 5.74) is 0.0621. The van der Waals surface area contributed by atoms with Crippen LogP contribution in [0.25, 0.3) is 0 Å². The molecule has 1 N–H and O–H groups in total. The lowest BCUT2D eigenvalue weighted by atomic mass is 10.1. The number of aromatic nitrogens is 1. The summed E-state index contributed by atoms with van der Waals surface area (Å²) in [5, 5.41) is 3.44. The van der Waals surface area contributed by atoms with Crippen LogP contribution in [-0.4, -0.2) is 69.0 Å². The van der Waals surface area contributed by atoms with Gasteiger partial charge in [0.25, 0.3) is 0 Å². The summed E-state index contributed by atoms with van der Waals surface area (Å²) in [5.74, 6) is 1.51. The molecule has 0 aromatic carbocycles. The van der Waals surface area contributed by atoms with Crippen LogP contribution in [0.4, 0.5) is 0 Å². The summed E-state index contributed by atoms with van der Waals surface area (Å²) in [6.45, 7) is 5.69. The van der Waals surface area contributed by atoms with Gasteiger partial charge in [-0.15, -0.1) is 24.0 Å². The first-order valence-corrected chi connectivity index (χ1v) is 9.42. The number of likely N-dealkylation sites (tertiary alicyclic amines) is 1. The lowest BCUT2D eigenvalue weighted by Crippen LogP contribution is -2.40. The van der Waals surface area contributed by atoms with Gasteiger partial charge in [-0.1, -0.05) is 6.07 Å². The highest BCUT2D eigenvalue weighted by Crippen LogP contribution is 2.16. The smallest absolute Gasteiger partial charge is 0.250 e. The van der Waals surface area contributed by atoms with E-state index in [1.54, 1.807) is 23.8 Å². The van der Waals surface area contributed by atoms with Crippen LogP contribution in [0, 0.1) is 5.92 Å². The van der Waals surface area contributed by atoms with E-state index in [2.05, 4.69) is 15.2 Å². The minimum atomic E-state index is 0. The number of aliphatic imine (C=N–C) groups is 1. The molecule has 0 bridgehead atoms. The second kappa shape index (κ2) is 14.0. The van der Waals surface area contributed by atoms with Crippen molar-refractivity contribution in [1.82, 2.24) is 14.8 Å². The van der Waals surface area contributed by atoms with Crippen molar-refractivity contribution in [2.45, 2.75) is 25.8 Å². The van der Waals surface area contributed by atoms with Gasteiger partial charge in [0.2, 0.25) is 5.56 Å². The Bertz CT molecular complexity index is 609. The predicted molar refractivity (Wildman–Crippen MR) is 119 cm³/mol. The molecular weight excluding hydrogens is 459 g/mol. The van der Waals surface area contributed by atoms with E-state index in [-0.39, 0.29) is 29.5 Å². The quantitative estimate of drug-likeness (QED) is 0.234. The van der Waals surface area contributed by atoms with E-state index in [9.17, 15) is 4.79 Å². The third kappa shape index (κ3) is 8.61. The van der Waals surface area contributed by atoms with E-state index in [1.807, 2.05) is 19.3 Å². The molecule has 0 radical (unpaired) electrons. The van der Waals surface area contributed by atoms with Crippen molar-refractivity contribution in [3.63, 3.8) is 0 Å². The molecule has 1 fully saturated rings. The normalized spacial score (nSPS) is 17.0. The number of halogens is 1. The highest BCUT2D eigenvalue weighted by molar-refractivity contribution is 14.0. The molecule has 1 atom stereocenters. The molecule has 1 aliphatic heterocycles. The summed E-state index contributed by atoms with van der Waals surface area (Å²) < 4.78 is 12.4. The molecule has 27 heavy (non-hydrogen) atoms. The summed E-state index contributed by atoms with van der Waals surface area (Å²) in [7, 11) is 3.52. The lowest BCUT2D eigenvalue weighted by molar-refractivity contribution is 0.0536. The summed E-state index contributed by atoms with van der Waals surface area (Å²) in [6, 6.07) is 5.27. The van der Waals surface area contributed by atoms with Gasteiger partial charge in [0.05, 0.1) is 19.8 Å². The SMILES string of the molecule is CN=C(NCCCCn1ccccc1=O)N1CCC(COCCOC)C1.I. The molecule has 0 saturated carbocycles. The number of hydrogen-bond acceptors (Lipinski definition) is 4. The molecule has 8 heteroatoms. The highest BCUT2D eigenvalue weighted by atomic mass is 127. The molecular formula is C19H33IN4O3. The zero-order chi connectivity index (χ0) is 18.6. The van der Waals surface area contributed by atoms with Crippen molar-refractivity contribution in [2.24, 2.45) is 10.9 Å². The molecule has 1 saturated heterocycles. The Kier molecular flexibility index (Phi) is 12.4. The van der Waals surface area contributed by atoms with E-state index in [0.29, 0.717) is 19.1 Å². The van der Waals surface area contributed by atoms with E-state index < -0.39 is 0 Å². The van der Waals surface area contributed by atoms with Crippen molar-refractivity contribution < 1.29 is 9.47 Å². The Labute approximate surface area is 179 Å². The van der Waals surface area contributed by atoms with Crippen molar-refractivity contribution in [3.8, 4) is 0 Å². The van der Waals surface area contributed by atoms with Crippen molar-refractivity contribution in [1.29, 1.82) is 0 Å².